The molecular formula is C27H27ClN4O4S. The maximum Gasteiger partial charge on any atom is 0.236 e. The Balaban J connectivity index is 1.24. The quantitative estimate of drug-likeness (QED) is 0.439. The zero-order valence-electron chi connectivity index (χ0n) is 20.1. The molecule has 0 radical (unpaired) electrons. The normalized spacial score (nSPS) is 20.5. The van der Waals surface area contributed by atoms with Gasteiger partial charge in [-0.1, -0.05) is 35.9 Å². The lowest BCUT2D eigenvalue weighted by Crippen LogP contribution is -2.42. The molecule has 37 heavy (non-hydrogen) atoms. The number of likely N-dealkylation sites (tertiary alicyclic amines) is 1. The number of aromatic nitrogens is 1. The van der Waals surface area contributed by atoms with E-state index in [1.807, 2.05) is 42.5 Å². The van der Waals surface area contributed by atoms with Crippen LogP contribution in [0.3, 0.4) is 0 Å². The minimum atomic E-state index is -0.588. The lowest BCUT2D eigenvalue weighted by molar-refractivity contribution is -0.123. The highest BCUT2D eigenvalue weighted by Gasteiger charge is 2.52. The number of primary amides is 1. The van der Waals surface area contributed by atoms with Crippen molar-refractivity contribution >= 4 is 39.9 Å². The van der Waals surface area contributed by atoms with Crippen LogP contribution in [-0.4, -0.2) is 41.1 Å². The average Bonchev–Trinajstić information content (AvgIpc) is 3.23. The molecule has 2 atom stereocenters. The first-order chi connectivity index (χ1) is 17.9. The Labute approximate surface area is 223 Å². The fourth-order valence-electron chi connectivity index (χ4n) is 5.40. The van der Waals surface area contributed by atoms with Crippen molar-refractivity contribution in [2.24, 2.45) is 5.73 Å². The summed E-state index contributed by atoms with van der Waals surface area (Å²) in [4.78, 5) is 33.3. The van der Waals surface area contributed by atoms with E-state index in [9.17, 15) is 9.59 Å². The molecule has 10 heteroatoms. The number of fused-ring (bicyclic) bond motifs is 1. The summed E-state index contributed by atoms with van der Waals surface area (Å²) in [6.45, 7) is 0.957. The van der Waals surface area contributed by atoms with E-state index in [0.717, 1.165) is 48.2 Å². The number of hydrogen-bond acceptors (Lipinski definition) is 7. The predicted octanol–water partition coefficient (Wildman–Crippen LogP) is 4.43. The summed E-state index contributed by atoms with van der Waals surface area (Å²) in [5, 5.41) is 4.26. The number of nitrogens with one attached hydrogen (secondary N) is 1. The van der Waals surface area contributed by atoms with Crippen LogP contribution in [-0.2, 0) is 21.4 Å². The van der Waals surface area contributed by atoms with Gasteiger partial charge in [0.15, 0.2) is 16.6 Å². The Morgan fingerprint density at radius 2 is 2.03 bits per heavy atom. The van der Waals surface area contributed by atoms with Gasteiger partial charge in [0.25, 0.3) is 0 Å². The Morgan fingerprint density at radius 3 is 2.81 bits per heavy atom. The van der Waals surface area contributed by atoms with Crippen LogP contribution in [0.4, 0.5) is 5.13 Å². The number of carbonyl (C=O) groups is 2. The van der Waals surface area contributed by atoms with Crippen molar-refractivity contribution in [1.29, 1.82) is 0 Å². The van der Waals surface area contributed by atoms with Crippen molar-refractivity contribution < 1.29 is 19.1 Å². The third-order valence-electron chi connectivity index (χ3n) is 7.58. The minimum absolute atomic E-state index is 0.0777. The van der Waals surface area contributed by atoms with Crippen molar-refractivity contribution in [3.63, 3.8) is 0 Å². The number of amides is 2. The van der Waals surface area contributed by atoms with E-state index in [1.54, 1.807) is 6.20 Å². The first-order valence-electron chi connectivity index (χ1n) is 12.4. The van der Waals surface area contributed by atoms with Gasteiger partial charge in [0.05, 0.1) is 17.5 Å². The second-order valence-corrected chi connectivity index (χ2v) is 11.3. The van der Waals surface area contributed by atoms with Crippen LogP contribution < -0.4 is 20.5 Å². The van der Waals surface area contributed by atoms with Crippen LogP contribution in [0.15, 0.2) is 48.7 Å². The van der Waals surface area contributed by atoms with Gasteiger partial charge >= 0.3 is 0 Å². The number of halogens is 1. The summed E-state index contributed by atoms with van der Waals surface area (Å²) < 4.78 is 10.9. The number of nitrogens with zero attached hydrogens (tertiary/aromatic N) is 2. The summed E-state index contributed by atoms with van der Waals surface area (Å²) in [6.07, 6.45) is 5.56. The molecule has 2 aromatic carbocycles. The standard InChI is InChI=1S/C27H27ClN4O4S/c28-18-5-2-1-4-16(18)12-20(32-11-3-6-19(32)24(29)33)23-14-30-26(37-23)31-25(34)27(9-10-27)17-7-8-21-22(13-17)36-15-35-21/h1-2,4-5,7-8,13-14,19-20H,3,6,9-12,15H2,(H2,29,33)(H,30,31,34). The molecule has 3 heterocycles. The van der Waals surface area contributed by atoms with E-state index in [0.29, 0.717) is 28.1 Å². The topological polar surface area (TPSA) is 107 Å². The molecule has 6 rings (SSSR count). The van der Waals surface area contributed by atoms with Gasteiger partial charge in [0.2, 0.25) is 18.6 Å². The van der Waals surface area contributed by atoms with Crippen molar-refractivity contribution in [2.45, 2.75) is 49.6 Å². The monoisotopic (exact) mass is 538 g/mol. The summed E-state index contributed by atoms with van der Waals surface area (Å²) >= 11 is 7.92. The number of thiazole rings is 1. The number of rotatable bonds is 8. The number of hydrogen-bond donors (Lipinski definition) is 2. The van der Waals surface area contributed by atoms with Gasteiger partial charge in [-0.05, 0) is 68.0 Å². The van der Waals surface area contributed by atoms with E-state index >= 15 is 0 Å². The lowest BCUT2D eigenvalue weighted by atomic mass is 9.94. The molecule has 1 saturated heterocycles. The smallest absolute Gasteiger partial charge is 0.236 e. The predicted molar refractivity (Wildman–Crippen MR) is 141 cm³/mol. The summed E-state index contributed by atoms with van der Waals surface area (Å²) in [5.74, 6) is 0.973. The molecule has 2 aliphatic heterocycles. The molecule has 1 saturated carbocycles. The van der Waals surface area contributed by atoms with Crippen molar-refractivity contribution in [3.05, 3.63) is 69.7 Å². The highest BCUT2D eigenvalue weighted by atomic mass is 35.5. The van der Waals surface area contributed by atoms with E-state index in [1.165, 1.54) is 11.3 Å². The summed E-state index contributed by atoms with van der Waals surface area (Å²) in [5.41, 5.74) is 7.07. The number of carbonyl (C=O) groups excluding carboxylic acids is 2. The molecule has 0 spiro atoms. The van der Waals surface area contributed by atoms with Crippen molar-refractivity contribution in [3.8, 4) is 11.5 Å². The van der Waals surface area contributed by atoms with Gasteiger partial charge in [-0.15, -0.1) is 11.3 Å². The summed E-state index contributed by atoms with van der Waals surface area (Å²) in [6, 6.07) is 12.9. The highest BCUT2D eigenvalue weighted by Crippen LogP contribution is 2.51. The van der Waals surface area contributed by atoms with Gasteiger partial charge in [-0.3, -0.25) is 14.5 Å². The molecule has 3 N–H and O–H groups in total. The average molecular weight is 539 g/mol. The van der Waals surface area contributed by atoms with Crippen LogP contribution in [0.25, 0.3) is 0 Å². The molecule has 1 aliphatic carbocycles. The number of anilines is 1. The van der Waals surface area contributed by atoms with Gasteiger partial charge in [0, 0.05) is 16.1 Å². The molecule has 2 amide bonds. The second kappa shape index (κ2) is 9.63. The summed E-state index contributed by atoms with van der Waals surface area (Å²) in [7, 11) is 0. The molecule has 2 unspecified atom stereocenters. The maximum atomic E-state index is 13.4. The Kier molecular flexibility index (Phi) is 6.30. The van der Waals surface area contributed by atoms with E-state index in [2.05, 4.69) is 15.2 Å². The fraction of sp³-hybridized carbons (Fsp3) is 0.370. The van der Waals surface area contributed by atoms with Gasteiger partial charge in [-0.2, -0.15) is 0 Å². The molecule has 3 aliphatic rings. The van der Waals surface area contributed by atoms with E-state index < -0.39 is 5.41 Å². The lowest BCUT2D eigenvalue weighted by Gasteiger charge is -2.31. The van der Waals surface area contributed by atoms with E-state index in [4.69, 9.17) is 26.8 Å². The molecule has 8 nitrogen and oxygen atoms in total. The second-order valence-electron chi connectivity index (χ2n) is 9.78. The number of ether oxygens (including phenoxy) is 2. The molecule has 192 valence electrons. The third kappa shape index (κ3) is 4.56. The maximum absolute atomic E-state index is 13.4. The van der Waals surface area contributed by atoms with Gasteiger partial charge in [-0.25, -0.2) is 4.98 Å². The van der Waals surface area contributed by atoms with E-state index in [-0.39, 0.29) is 30.7 Å². The van der Waals surface area contributed by atoms with Gasteiger partial charge < -0.3 is 20.5 Å². The van der Waals surface area contributed by atoms with Crippen LogP contribution >= 0.6 is 22.9 Å². The minimum Gasteiger partial charge on any atom is -0.454 e. The van der Waals surface area contributed by atoms with Crippen LogP contribution in [0, 0.1) is 0 Å². The number of nitrogens with two attached hydrogens (primary N) is 1. The van der Waals surface area contributed by atoms with Crippen LogP contribution in [0.2, 0.25) is 5.02 Å². The van der Waals surface area contributed by atoms with Crippen molar-refractivity contribution in [1.82, 2.24) is 9.88 Å². The third-order valence-corrected chi connectivity index (χ3v) is 8.96. The Morgan fingerprint density at radius 1 is 1.22 bits per heavy atom. The molecule has 3 aromatic rings. The first-order valence-corrected chi connectivity index (χ1v) is 13.6. The highest BCUT2D eigenvalue weighted by molar-refractivity contribution is 7.15. The zero-order chi connectivity index (χ0) is 25.6. The van der Waals surface area contributed by atoms with Crippen LogP contribution in [0.5, 0.6) is 11.5 Å². The first kappa shape index (κ1) is 24.2. The molecular weight excluding hydrogens is 512 g/mol. The van der Waals surface area contributed by atoms with Gasteiger partial charge in [0.1, 0.15) is 0 Å². The van der Waals surface area contributed by atoms with Crippen LogP contribution in [0.1, 0.15) is 47.7 Å². The largest absolute Gasteiger partial charge is 0.454 e. The Hall–Kier alpha value is -3.14. The SMILES string of the molecule is NC(=O)C1CCCN1C(Cc1ccccc1Cl)c1cnc(NC(=O)C2(c3ccc4c(c3)OCO4)CC2)s1. The fourth-order valence-corrected chi connectivity index (χ4v) is 6.55. The number of benzene rings is 2. The molecule has 0 bridgehead atoms. The van der Waals surface area contributed by atoms with Crippen molar-refractivity contribution in [2.75, 3.05) is 18.7 Å². The Bertz CT molecular complexity index is 1360. The molecule has 1 aromatic heterocycles. The molecule has 2 fully saturated rings. The zero-order valence-corrected chi connectivity index (χ0v) is 21.7.